The molecule has 0 aromatic rings. The van der Waals surface area contributed by atoms with Crippen molar-refractivity contribution in [3.63, 3.8) is 0 Å². The molecule has 0 bridgehead atoms. The summed E-state index contributed by atoms with van der Waals surface area (Å²) < 4.78 is 5.38. The van der Waals surface area contributed by atoms with E-state index < -0.39 is 0 Å². The quantitative estimate of drug-likeness (QED) is 0.546. The summed E-state index contributed by atoms with van der Waals surface area (Å²) in [6.45, 7) is 7.46. The first-order chi connectivity index (χ1) is 4.70. The number of ether oxygens (including phenoxy) is 1. The van der Waals surface area contributed by atoms with Gasteiger partial charge in [0.25, 0.3) is 0 Å². The maximum atomic E-state index is 5.38. The largest absolute Gasteiger partial charge is 0.366 e. The standard InChI is InChI=1S/C8H17NO/c1-7(2)8-4-9(3)6-10-5-8/h7-8H,4-6H2,1-3H3. The normalized spacial score (nSPS) is 29.4. The van der Waals surface area contributed by atoms with Gasteiger partial charge >= 0.3 is 0 Å². The fraction of sp³-hybridized carbons (Fsp3) is 1.00. The second-order valence-electron chi connectivity index (χ2n) is 3.54. The molecule has 0 amide bonds. The first kappa shape index (κ1) is 8.02. The van der Waals surface area contributed by atoms with Crippen molar-refractivity contribution in [2.75, 3.05) is 26.9 Å². The van der Waals surface area contributed by atoms with Gasteiger partial charge in [-0.1, -0.05) is 13.8 Å². The average molecular weight is 143 g/mol. The van der Waals surface area contributed by atoms with Crippen molar-refractivity contribution in [1.82, 2.24) is 4.90 Å². The molecule has 0 saturated carbocycles. The average Bonchev–Trinajstić information content (AvgIpc) is 1.88. The van der Waals surface area contributed by atoms with E-state index in [1.807, 2.05) is 0 Å². The van der Waals surface area contributed by atoms with E-state index in [0.717, 1.165) is 25.2 Å². The predicted octanol–water partition coefficient (Wildman–Crippen LogP) is 1.18. The summed E-state index contributed by atoms with van der Waals surface area (Å²) in [5.74, 6) is 1.49. The molecule has 1 saturated heterocycles. The van der Waals surface area contributed by atoms with Crippen molar-refractivity contribution in [3.05, 3.63) is 0 Å². The maximum Gasteiger partial charge on any atom is 0.0987 e. The van der Waals surface area contributed by atoms with Crippen LogP contribution in [0.1, 0.15) is 13.8 Å². The van der Waals surface area contributed by atoms with Crippen LogP contribution in [0.2, 0.25) is 0 Å². The highest BCUT2D eigenvalue weighted by Crippen LogP contribution is 2.15. The highest BCUT2D eigenvalue weighted by molar-refractivity contribution is 4.68. The SMILES string of the molecule is CC(C)C1COCN(C)C1. The predicted molar refractivity (Wildman–Crippen MR) is 41.8 cm³/mol. The van der Waals surface area contributed by atoms with E-state index in [4.69, 9.17) is 4.74 Å². The van der Waals surface area contributed by atoms with Gasteiger partial charge in [-0.25, -0.2) is 0 Å². The molecular weight excluding hydrogens is 126 g/mol. The number of rotatable bonds is 1. The Kier molecular flexibility index (Phi) is 2.69. The minimum Gasteiger partial charge on any atom is -0.366 e. The highest BCUT2D eigenvalue weighted by Gasteiger charge is 2.19. The Morgan fingerprint density at radius 1 is 1.50 bits per heavy atom. The van der Waals surface area contributed by atoms with Gasteiger partial charge in [0.1, 0.15) is 0 Å². The summed E-state index contributed by atoms with van der Waals surface area (Å²) in [6.07, 6.45) is 0. The lowest BCUT2D eigenvalue weighted by Crippen LogP contribution is -2.38. The van der Waals surface area contributed by atoms with E-state index in [2.05, 4.69) is 25.8 Å². The third kappa shape index (κ3) is 1.96. The summed E-state index contributed by atoms with van der Waals surface area (Å²) >= 11 is 0. The summed E-state index contributed by atoms with van der Waals surface area (Å²) in [6, 6.07) is 0. The summed E-state index contributed by atoms with van der Waals surface area (Å²) in [5, 5.41) is 0. The molecule has 1 rings (SSSR count). The Hall–Kier alpha value is -0.0800. The monoisotopic (exact) mass is 143 g/mol. The molecule has 1 aliphatic rings. The minimum absolute atomic E-state index is 0.735. The zero-order chi connectivity index (χ0) is 7.56. The van der Waals surface area contributed by atoms with Crippen molar-refractivity contribution in [2.24, 2.45) is 11.8 Å². The molecule has 2 heteroatoms. The third-order valence-electron chi connectivity index (χ3n) is 2.13. The zero-order valence-corrected chi connectivity index (χ0v) is 7.13. The Balaban J connectivity index is 2.32. The zero-order valence-electron chi connectivity index (χ0n) is 7.13. The van der Waals surface area contributed by atoms with Gasteiger partial charge in [-0.05, 0) is 18.9 Å². The molecule has 2 nitrogen and oxygen atoms in total. The van der Waals surface area contributed by atoms with Crippen LogP contribution in [0.15, 0.2) is 0 Å². The minimum atomic E-state index is 0.735. The Labute approximate surface area is 63.2 Å². The number of hydrogen-bond donors (Lipinski definition) is 0. The molecule has 0 spiro atoms. The van der Waals surface area contributed by atoms with Gasteiger partial charge in [-0.2, -0.15) is 0 Å². The Morgan fingerprint density at radius 2 is 2.20 bits per heavy atom. The van der Waals surface area contributed by atoms with Gasteiger partial charge < -0.3 is 4.74 Å². The van der Waals surface area contributed by atoms with Crippen LogP contribution in [0.25, 0.3) is 0 Å². The van der Waals surface area contributed by atoms with Crippen LogP contribution >= 0.6 is 0 Å². The number of hydrogen-bond acceptors (Lipinski definition) is 2. The third-order valence-corrected chi connectivity index (χ3v) is 2.13. The van der Waals surface area contributed by atoms with Crippen molar-refractivity contribution >= 4 is 0 Å². The summed E-state index contributed by atoms with van der Waals surface area (Å²) in [5.41, 5.74) is 0. The van der Waals surface area contributed by atoms with Crippen LogP contribution in [0, 0.1) is 11.8 Å². The van der Waals surface area contributed by atoms with Crippen LogP contribution in [0.3, 0.4) is 0 Å². The molecule has 1 unspecified atom stereocenters. The molecule has 0 aliphatic carbocycles. The summed E-state index contributed by atoms with van der Waals surface area (Å²) in [7, 11) is 2.11. The molecule has 1 aliphatic heterocycles. The van der Waals surface area contributed by atoms with Crippen LogP contribution in [-0.4, -0.2) is 31.8 Å². The van der Waals surface area contributed by atoms with E-state index in [1.165, 1.54) is 6.54 Å². The topological polar surface area (TPSA) is 12.5 Å². The molecular formula is C8H17NO. The lowest BCUT2D eigenvalue weighted by atomic mass is 9.96. The molecule has 0 aromatic carbocycles. The molecule has 1 heterocycles. The number of nitrogens with zero attached hydrogens (tertiary/aromatic N) is 1. The van der Waals surface area contributed by atoms with Gasteiger partial charge in [0.15, 0.2) is 0 Å². The Morgan fingerprint density at radius 3 is 2.60 bits per heavy atom. The van der Waals surface area contributed by atoms with E-state index in [1.54, 1.807) is 0 Å². The lowest BCUT2D eigenvalue weighted by molar-refractivity contribution is -0.0451. The van der Waals surface area contributed by atoms with Crippen LogP contribution in [0.5, 0.6) is 0 Å². The maximum absolute atomic E-state index is 5.38. The van der Waals surface area contributed by atoms with E-state index in [9.17, 15) is 0 Å². The second kappa shape index (κ2) is 3.35. The van der Waals surface area contributed by atoms with E-state index in [0.29, 0.717) is 0 Å². The van der Waals surface area contributed by atoms with Gasteiger partial charge in [0.05, 0.1) is 13.3 Å². The molecule has 60 valence electrons. The van der Waals surface area contributed by atoms with Crippen LogP contribution < -0.4 is 0 Å². The Bertz CT molecular complexity index is 103. The smallest absolute Gasteiger partial charge is 0.0987 e. The molecule has 0 aromatic heterocycles. The van der Waals surface area contributed by atoms with Gasteiger partial charge in [0.2, 0.25) is 0 Å². The molecule has 1 fully saturated rings. The van der Waals surface area contributed by atoms with Gasteiger partial charge in [-0.15, -0.1) is 0 Å². The van der Waals surface area contributed by atoms with Crippen molar-refractivity contribution in [3.8, 4) is 0 Å². The van der Waals surface area contributed by atoms with Crippen LogP contribution in [-0.2, 0) is 4.74 Å². The molecule has 1 atom stereocenters. The highest BCUT2D eigenvalue weighted by atomic mass is 16.5. The second-order valence-corrected chi connectivity index (χ2v) is 3.54. The van der Waals surface area contributed by atoms with Crippen molar-refractivity contribution in [2.45, 2.75) is 13.8 Å². The molecule has 0 radical (unpaired) electrons. The van der Waals surface area contributed by atoms with Crippen molar-refractivity contribution < 1.29 is 4.74 Å². The fourth-order valence-corrected chi connectivity index (χ4v) is 1.27. The lowest BCUT2D eigenvalue weighted by Gasteiger charge is -2.31. The first-order valence-electron chi connectivity index (χ1n) is 3.96. The first-order valence-corrected chi connectivity index (χ1v) is 3.96. The van der Waals surface area contributed by atoms with Gasteiger partial charge in [-0.3, -0.25) is 4.90 Å². The van der Waals surface area contributed by atoms with Crippen LogP contribution in [0.4, 0.5) is 0 Å². The molecule has 10 heavy (non-hydrogen) atoms. The molecule has 0 N–H and O–H groups in total. The van der Waals surface area contributed by atoms with E-state index in [-0.39, 0.29) is 0 Å². The fourth-order valence-electron chi connectivity index (χ4n) is 1.27. The summed E-state index contributed by atoms with van der Waals surface area (Å²) in [4.78, 5) is 2.23. The van der Waals surface area contributed by atoms with Gasteiger partial charge in [0, 0.05) is 6.54 Å². The van der Waals surface area contributed by atoms with E-state index >= 15 is 0 Å². The van der Waals surface area contributed by atoms with Crippen molar-refractivity contribution in [1.29, 1.82) is 0 Å².